The lowest BCUT2D eigenvalue weighted by molar-refractivity contribution is 0.0431. The Morgan fingerprint density at radius 2 is 2.04 bits per heavy atom. The van der Waals surface area contributed by atoms with E-state index in [0.29, 0.717) is 11.3 Å². The second kappa shape index (κ2) is 6.93. The van der Waals surface area contributed by atoms with Crippen LogP contribution >= 0.6 is 0 Å². The highest BCUT2D eigenvalue weighted by molar-refractivity contribution is 5.40. The summed E-state index contributed by atoms with van der Waals surface area (Å²) in [6.07, 6.45) is 7.93. The van der Waals surface area contributed by atoms with Crippen LogP contribution in [0.5, 0.6) is 5.75 Å². The number of hydrogen-bond donors (Lipinski definition) is 0. The molecule has 2 fully saturated rings. The Kier molecular flexibility index (Phi) is 4.78. The number of nitrogens with zero attached hydrogens (tertiary/aromatic N) is 1. The van der Waals surface area contributed by atoms with Crippen LogP contribution in [0.25, 0.3) is 0 Å². The van der Waals surface area contributed by atoms with E-state index >= 15 is 0 Å². The van der Waals surface area contributed by atoms with E-state index in [-0.39, 0.29) is 0 Å². The molecule has 0 bridgehead atoms. The summed E-state index contributed by atoms with van der Waals surface area (Å²) in [7, 11) is 5.98. The zero-order chi connectivity index (χ0) is 18.3. The van der Waals surface area contributed by atoms with Gasteiger partial charge in [0.1, 0.15) is 5.75 Å². The zero-order valence-electron chi connectivity index (χ0n) is 16.8. The molecule has 0 unspecified atom stereocenters. The predicted molar refractivity (Wildman–Crippen MR) is 107 cm³/mol. The van der Waals surface area contributed by atoms with Crippen LogP contribution in [0.3, 0.4) is 0 Å². The van der Waals surface area contributed by atoms with Gasteiger partial charge in [-0.2, -0.15) is 0 Å². The molecule has 140 valence electrons. The molecule has 26 heavy (non-hydrogen) atoms. The number of hydrogen-bond acceptors (Lipinski definition) is 2. The van der Waals surface area contributed by atoms with Crippen LogP contribution in [0.15, 0.2) is 18.2 Å². The second-order valence-electron chi connectivity index (χ2n) is 9.21. The lowest BCUT2D eigenvalue weighted by Crippen LogP contribution is -2.42. The van der Waals surface area contributed by atoms with Crippen molar-refractivity contribution in [3.05, 3.63) is 29.3 Å². The van der Waals surface area contributed by atoms with Crippen LogP contribution in [-0.4, -0.2) is 32.6 Å². The normalized spacial score (nSPS) is 35.1. The molecule has 0 aliphatic heterocycles. The molecule has 1 aromatic rings. The minimum Gasteiger partial charge on any atom is -0.497 e. The molecule has 3 aliphatic rings. The maximum Gasteiger partial charge on any atom is 0.119 e. The van der Waals surface area contributed by atoms with Crippen molar-refractivity contribution < 1.29 is 4.74 Å². The summed E-state index contributed by atoms with van der Waals surface area (Å²) in [6.45, 7) is 3.44. The smallest absolute Gasteiger partial charge is 0.119 e. The summed E-state index contributed by atoms with van der Waals surface area (Å²) in [5.74, 6) is 11.2. The van der Waals surface area contributed by atoms with Crippen molar-refractivity contribution in [1.29, 1.82) is 0 Å². The first-order valence-corrected chi connectivity index (χ1v) is 10.3. The molecule has 0 aromatic heterocycles. The van der Waals surface area contributed by atoms with Crippen LogP contribution in [-0.2, 0) is 6.42 Å². The predicted octanol–water partition coefficient (Wildman–Crippen LogP) is 4.73. The molecule has 0 saturated heterocycles. The van der Waals surface area contributed by atoms with Crippen LogP contribution in [0.4, 0.5) is 0 Å². The number of aryl methyl sites for hydroxylation is 1. The van der Waals surface area contributed by atoms with E-state index in [0.717, 1.165) is 30.0 Å². The standard InChI is InChI=1S/C24H33NO/c1-24-14-13-21-20-11-9-19(26-4)16-17(20)7-10-22(21)23(24)12-8-18(24)6-5-15-25(2)3/h9,11,16,18,21-23H,7-8,10,12-15H2,1-4H3/t18-,21-,22-,23+,24-/m1/s1. The fourth-order valence-electron chi connectivity index (χ4n) is 6.25. The van der Waals surface area contributed by atoms with E-state index in [1.807, 2.05) is 0 Å². The highest BCUT2D eigenvalue weighted by Crippen LogP contribution is 2.62. The molecule has 0 N–H and O–H groups in total. The lowest BCUT2D eigenvalue weighted by atomic mass is 9.54. The Labute approximate surface area is 159 Å². The van der Waals surface area contributed by atoms with Crippen LogP contribution in [0, 0.1) is 35.0 Å². The number of benzene rings is 1. The van der Waals surface area contributed by atoms with Crippen molar-refractivity contribution in [3.8, 4) is 17.6 Å². The topological polar surface area (TPSA) is 12.5 Å². The van der Waals surface area contributed by atoms with Crippen molar-refractivity contribution in [2.24, 2.45) is 23.2 Å². The van der Waals surface area contributed by atoms with Gasteiger partial charge >= 0.3 is 0 Å². The molecule has 1 aromatic carbocycles. The molecule has 0 radical (unpaired) electrons. The minimum absolute atomic E-state index is 0.435. The van der Waals surface area contributed by atoms with Crippen LogP contribution < -0.4 is 4.74 Å². The minimum atomic E-state index is 0.435. The van der Waals surface area contributed by atoms with Gasteiger partial charge in [-0.3, -0.25) is 4.90 Å². The van der Waals surface area contributed by atoms with Gasteiger partial charge in [0, 0.05) is 5.92 Å². The fraction of sp³-hybridized carbons (Fsp3) is 0.667. The molecule has 2 nitrogen and oxygen atoms in total. The maximum absolute atomic E-state index is 5.45. The number of methoxy groups -OCH3 is 1. The van der Waals surface area contributed by atoms with E-state index in [2.05, 4.69) is 56.0 Å². The Balaban J connectivity index is 1.56. The van der Waals surface area contributed by atoms with Gasteiger partial charge in [0.2, 0.25) is 0 Å². The third kappa shape index (κ3) is 2.95. The zero-order valence-corrected chi connectivity index (χ0v) is 16.8. The molecular weight excluding hydrogens is 318 g/mol. The number of ether oxygens (including phenoxy) is 1. The first-order chi connectivity index (χ1) is 12.5. The Morgan fingerprint density at radius 3 is 2.81 bits per heavy atom. The fourth-order valence-corrected chi connectivity index (χ4v) is 6.25. The van der Waals surface area contributed by atoms with Gasteiger partial charge in [-0.1, -0.05) is 24.8 Å². The van der Waals surface area contributed by atoms with Crippen molar-refractivity contribution in [2.45, 2.75) is 51.4 Å². The van der Waals surface area contributed by atoms with E-state index in [9.17, 15) is 0 Å². The molecule has 2 heteroatoms. The SMILES string of the molecule is COc1ccc2c(c1)CC[C@@H]1[C@@H]2CC[C@]2(C)[C@H](C#CCN(C)C)CC[C@@H]12. The third-order valence-corrected chi connectivity index (χ3v) is 7.61. The highest BCUT2D eigenvalue weighted by atomic mass is 16.5. The molecule has 4 rings (SSSR count). The largest absolute Gasteiger partial charge is 0.497 e. The molecule has 0 amide bonds. The average Bonchev–Trinajstić information content (AvgIpc) is 2.97. The van der Waals surface area contributed by atoms with Gasteiger partial charge in [-0.25, -0.2) is 0 Å². The Morgan fingerprint density at radius 1 is 1.19 bits per heavy atom. The first kappa shape index (κ1) is 17.9. The van der Waals surface area contributed by atoms with Crippen molar-refractivity contribution >= 4 is 0 Å². The summed E-state index contributed by atoms with van der Waals surface area (Å²) < 4.78 is 5.45. The lowest BCUT2D eigenvalue weighted by Gasteiger charge is -2.50. The van der Waals surface area contributed by atoms with Gasteiger partial charge in [0.05, 0.1) is 13.7 Å². The summed E-state index contributed by atoms with van der Waals surface area (Å²) in [4.78, 5) is 2.17. The number of rotatable bonds is 2. The molecule has 5 atom stereocenters. The monoisotopic (exact) mass is 351 g/mol. The quantitative estimate of drug-likeness (QED) is 0.714. The van der Waals surface area contributed by atoms with Crippen molar-refractivity contribution in [2.75, 3.05) is 27.7 Å². The van der Waals surface area contributed by atoms with Crippen LogP contribution in [0.1, 0.15) is 56.1 Å². The maximum atomic E-state index is 5.45. The van der Waals surface area contributed by atoms with Gasteiger partial charge in [-0.15, -0.1) is 0 Å². The van der Waals surface area contributed by atoms with E-state index < -0.39 is 0 Å². The van der Waals surface area contributed by atoms with E-state index in [1.54, 1.807) is 12.7 Å². The molecule has 0 spiro atoms. The van der Waals surface area contributed by atoms with Gasteiger partial charge in [0.15, 0.2) is 0 Å². The highest BCUT2D eigenvalue weighted by Gasteiger charge is 2.54. The second-order valence-corrected chi connectivity index (χ2v) is 9.21. The Bertz CT molecular complexity index is 727. The average molecular weight is 352 g/mol. The van der Waals surface area contributed by atoms with E-state index in [1.165, 1.54) is 44.1 Å². The molecular formula is C24H33NO. The summed E-state index contributed by atoms with van der Waals surface area (Å²) in [5, 5.41) is 0. The number of fused-ring (bicyclic) bond motifs is 5. The van der Waals surface area contributed by atoms with Crippen molar-refractivity contribution in [1.82, 2.24) is 4.90 Å². The van der Waals surface area contributed by atoms with Crippen LogP contribution in [0.2, 0.25) is 0 Å². The summed E-state index contributed by atoms with van der Waals surface area (Å²) in [6, 6.07) is 6.81. The summed E-state index contributed by atoms with van der Waals surface area (Å²) in [5.41, 5.74) is 3.59. The molecule has 3 aliphatic carbocycles. The Hall–Kier alpha value is -1.46. The molecule has 0 heterocycles. The first-order valence-electron chi connectivity index (χ1n) is 10.3. The molecule has 2 saturated carbocycles. The van der Waals surface area contributed by atoms with Crippen molar-refractivity contribution in [3.63, 3.8) is 0 Å². The van der Waals surface area contributed by atoms with Gasteiger partial charge < -0.3 is 4.74 Å². The van der Waals surface area contributed by atoms with Gasteiger partial charge in [-0.05, 0) is 99.0 Å². The van der Waals surface area contributed by atoms with Gasteiger partial charge in [0.25, 0.3) is 0 Å². The van der Waals surface area contributed by atoms with E-state index in [4.69, 9.17) is 4.74 Å². The summed E-state index contributed by atoms with van der Waals surface area (Å²) >= 11 is 0. The third-order valence-electron chi connectivity index (χ3n) is 7.61.